The van der Waals surface area contributed by atoms with Crippen LogP contribution in [0.4, 0.5) is 5.95 Å². The van der Waals surface area contributed by atoms with Gasteiger partial charge in [-0.3, -0.25) is 19.1 Å². The van der Waals surface area contributed by atoms with Crippen LogP contribution < -0.4 is 10.9 Å². The number of benzene rings is 1. The molecule has 0 amide bonds. The molecule has 1 fully saturated rings. The minimum atomic E-state index is -0.232. The lowest BCUT2D eigenvalue weighted by atomic mass is 9.98. The van der Waals surface area contributed by atoms with Crippen molar-refractivity contribution in [2.75, 3.05) is 11.9 Å². The number of fused-ring (bicyclic) bond motifs is 1. The van der Waals surface area contributed by atoms with Crippen LogP contribution in [-0.2, 0) is 12.5 Å². The number of hydrogen-bond donors (Lipinski definition) is 1. The zero-order chi connectivity index (χ0) is 20.7. The molecule has 2 aromatic heterocycles. The number of nitrogens with zero attached hydrogens (tertiary/aromatic N) is 3. The zero-order valence-electron chi connectivity index (χ0n) is 16.4. The summed E-state index contributed by atoms with van der Waals surface area (Å²) in [4.78, 5) is 34.1. The number of Topliss-reactive ketones (excluding diaryl/α,β-unsaturated/α-hetero) is 1. The minimum absolute atomic E-state index is 0.0566. The highest BCUT2D eigenvalue weighted by molar-refractivity contribution is 7.08. The first-order valence-corrected chi connectivity index (χ1v) is 10.7. The Hall–Kier alpha value is -3.32. The number of carbonyl (C=O) groups excluding carboxylic acids is 1. The van der Waals surface area contributed by atoms with Gasteiger partial charge in [0.05, 0.1) is 12.2 Å². The average molecular weight is 417 g/mol. The Bertz CT molecular complexity index is 1240. The molecule has 150 valence electrons. The van der Waals surface area contributed by atoms with E-state index in [1.807, 2.05) is 48.0 Å². The molecule has 30 heavy (non-hydrogen) atoms. The Balaban J connectivity index is 1.36. The third kappa shape index (κ3) is 3.21. The third-order valence-electron chi connectivity index (χ3n) is 5.84. The van der Waals surface area contributed by atoms with Gasteiger partial charge in [-0.15, -0.1) is 0 Å². The van der Waals surface area contributed by atoms with Crippen LogP contribution >= 0.6 is 11.3 Å². The van der Waals surface area contributed by atoms with E-state index >= 15 is 0 Å². The quantitative estimate of drug-likeness (QED) is 0.622. The van der Waals surface area contributed by atoms with Crippen LogP contribution in [0.15, 0.2) is 69.2 Å². The summed E-state index contributed by atoms with van der Waals surface area (Å²) in [5, 5.41) is 7.14. The number of anilines is 1. The third-order valence-corrected chi connectivity index (χ3v) is 6.52. The highest BCUT2D eigenvalue weighted by Crippen LogP contribution is 2.55. The highest BCUT2D eigenvalue weighted by atomic mass is 32.1. The highest BCUT2D eigenvalue weighted by Gasteiger charge is 2.55. The van der Waals surface area contributed by atoms with Crippen LogP contribution in [0.25, 0.3) is 11.1 Å². The van der Waals surface area contributed by atoms with Crippen LogP contribution in [0.2, 0.25) is 0 Å². The number of aliphatic imine (C=N–C) groups is 1. The van der Waals surface area contributed by atoms with E-state index in [2.05, 4.69) is 20.7 Å². The summed E-state index contributed by atoms with van der Waals surface area (Å²) in [6.45, 7) is 0.0601. The number of nitrogens with one attached hydrogen (secondary N) is 1. The summed E-state index contributed by atoms with van der Waals surface area (Å²) >= 11 is 1.62. The molecule has 6 nitrogen and oxygen atoms in total. The van der Waals surface area contributed by atoms with Crippen LogP contribution in [0.5, 0.6) is 0 Å². The Morgan fingerprint density at radius 2 is 2.20 bits per heavy atom. The lowest BCUT2D eigenvalue weighted by Gasteiger charge is -2.16. The van der Waals surface area contributed by atoms with Crippen molar-refractivity contribution in [3.63, 3.8) is 0 Å². The van der Waals surface area contributed by atoms with Crippen LogP contribution in [0, 0.1) is 5.92 Å². The number of aromatic nitrogens is 2. The Morgan fingerprint density at radius 1 is 1.30 bits per heavy atom. The maximum absolute atomic E-state index is 12.8. The first-order chi connectivity index (χ1) is 14.6. The fraction of sp³-hybridized carbons (Fsp3) is 0.217. The Labute approximate surface area is 177 Å². The van der Waals surface area contributed by atoms with E-state index in [4.69, 9.17) is 0 Å². The van der Waals surface area contributed by atoms with Crippen LogP contribution in [0.1, 0.15) is 22.5 Å². The monoisotopic (exact) mass is 416 g/mol. The number of allylic oxidation sites excluding steroid dienone is 1. The standard InChI is InChI=1S/C23H20N4O2S/c1-27-21(29)10-20(23-6-7-24-12-18(23)11-23)26-22(27)25-13-19(28)16-4-2-3-15(9-16)17-5-8-30-14-17/h2-10,12,14,18H,11,13H2,1H3,(H,25,26). The molecule has 1 aliphatic carbocycles. The molecule has 0 bridgehead atoms. The van der Waals surface area contributed by atoms with E-state index in [9.17, 15) is 9.59 Å². The molecular weight excluding hydrogens is 396 g/mol. The molecule has 1 N–H and O–H groups in total. The second kappa shape index (κ2) is 7.18. The smallest absolute Gasteiger partial charge is 0.254 e. The van der Waals surface area contributed by atoms with Crippen molar-refractivity contribution in [2.45, 2.75) is 11.8 Å². The van der Waals surface area contributed by atoms with Gasteiger partial charge in [0.25, 0.3) is 5.56 Å². The van der Waals surface area contributed by atoms with Gasteiger partial charge in [-0.2, -0.15) is 11.3 Å². The SMILES string of the molecule is Cn1c(NCC(=O)c2cccc(-c3ccsc3)c2)nc(C23C=CN=CC2C3)cc1=O. The molecule has 5 rings (SSSR count). The number of hydrogen-bond acceptors (Lipinski definition) is 6. The average Bonchev–Trinajstić information content (AvgIpc) is 3.27. The van der Waals surface area contributed by atoms with Gasteiger partial charge in [0.2, 0.25) is 5.95 Å². The molecule has 0 radical (unpaired) electrons. The molecule has 3 aromatic rings. The van der Waals surface area contributed by atoms with Crippen molar-refractivity contribution in [2.24, 2.45) is 18.0 Å². The van der Waals surface area contributed by atoms with Gasteiger partial charge in [0, 0.05) is 42.4 Å². The number of rotatable bonds is 6. The number of thiophene rings is 1. The summed E-state index contributed by atoms with van der Waals surface area (Å²) in [6.07, 6.45) is 6.60. The molecule has 0 spiro atoms. The maximum Gasteiger partial charge on any atom is 0.254 e. The number of ketones is 1. The van der Waals surface area contributed by atoms with Crippen molar-refractivity contribution in [3.05, 3.63) is 81.0 Å². The molecule has 1 saturated carbocycles. The molecule has 2 aliphatic rings. The predicted octanol–water partition coefficient (Wildman–Crippen LogP) is 3.66. The first kappa shape index (κ1) is 18.7. The van der Waals surface area contributed by atoms with Gasteiger partial charge in [-0.1, -0.05) is 24.3 Å². The molecule has 1 aromatic carbocycles. The van der Waals surface area contributed by atoms with E-state index in [-0.39, 0.29) is 29.2 Å². The summed E-state index contributed by atoms with van der Waals surface area (Å²) in [6, 6.07) is 11.2. The second-order valence-corrected chi connectivity index (χ2v) is 8.48. The molecule has 1 aliphatic heterocycles. The zero-order valence-corrected chi connectivity index (χ0v) is 17.2. The topological polar surface area (TPSA) is 76.3 Å². The Kier molecular flexibility index (Phi) is 4.47. The predicted molar refractivity (Wildman–Crippen MR) is 119 cm³/mol. The fourth-order valence-corrected chi connectivity index (χ4v) is 4.56. The van der Waals surface area contributed by atoms with Gasteiger partial charge < -0.3 is 5.32 Å². The second-order valence-electron chi connectivity index (χ2n) is 7.70. The van der Waals surface area contributed by atoms with Crippen LogP contribution in [0.3, 0.4) is 0 Å². The van der Waals surface area contributed by atoms with Gasteiger partial charge >= 0.3 is 0 Å². The van der Waals surface area contributed by atoms with Crippen molar-refractivity contribution >= 4 is 29.3 Å². The van der Waals surface area contributed by atoms with E-state index in [0.29, 0.717) is 11.5 Å². The summed E-state index contributed by atoms with van der Waals surface area (Å²) < 4.78 is 1.44. The molecule has 0 saturated heterocycles. The lowest BCUT2D eigenvalue weighted by molar-refractivity contribution is 0.101. The van der Waals surface area contributed by atoms with Crippen molar-refractivity contribution in [1.29, 1.82) is 0 Å². The maximum atomic E-state index is 12.8. The normalized spacial score (nSPS) is 21.3. The summed E-state index contributed by atoms with van der Waals surface area (Å²) in [5.41, 5.74) is 3.09. The van der Waals surface area contributed by atoms with Gasteiger partial charge in [0.1, 0.15) is 0 Å². The Morgan fingerprint density at radius 3 is 3.00 bits per heavy atom. The molecule has 2 unspecified atom stereocenters. The molecular formula is C23H20N4O2S. The lowest BCUT2D eigenvalue weighted by Crippen LogP contribution is -2.27. The van der Waals surface area contributed by atoms with E-state index < -0.39 is 0 Å². The first-order valence-electron chi connectivity index (χ1n) is 9.76. The van der Waals surface area contributed by atoms with Gasteiger partial charge in [0.15, 0.2) is 5.78 Å². The fourth-order valence-electron chi connectivity index (χ4n) is 3.89. The largest absolute Gasteiger partial charge is 0.348 e. The van der Waals surface area contributed by atoms with E-state index in [0.717, 1.165) is 23.2 Å². The van der Waals surface area contributed by atoms with Gasteiger partial charge in [-0.05, 0) is 40.4 Å². The van der Waals surface area contributed by atoms with Crippen molar-refractivity contribution < 1.29 is 4.79 Å². The molecule has 3 heterocycles. The summed E-state index contributed by atoms with van der Waals surface area (Å²) in [7, 11) is 1.66. The van der Waals surface area contributed by atoms with E-state index in [1.165, 1.54) is 4.57 Å². The van der Waals surface area contributed by atoms with E-state index in [1.54, 1.807) is 30.7 Å². The van der Waals surface area contributed by atoms with Gasteiger partial charge in [-0.25, -0.2) is 4.98 Å². The molecule has 7 heteroatoms. The van der Waals surface area contributed by atoms with Crippen LogP contribution in [-0.4, -0.2) is 28.1 Å². The minimum Gasteiger partial charge on any atom is -0.348 e. The van der Waals surface area contributed by atoms with Crippen molar-refractivity contribution in [1.82, 2.24) is 9.55 Å². The van der Waals surface area contributed by atoms with Crippen molar-refractivity contribution in [3.8, 4) is 11.1 Å². The molecule has 2 atom stereocenters. The summed E-state index contributed by atoms with van der Waals surface area (Å²) in [5.74, 6) is 0.631. The number of carbonyl (C=O) groups is 1.